The number of carbonyl (C=O) groups excluding carboxylic acids is 1. The standard InChI is InChI=1S/C18H27FN4O/c1-20-17(21-12-14-7-6-8-15(19)11-14)22-13-18(9-4-5-10-18)16(24)23(2)3/h6-8,11H,4-5,9-10,12-13H2,1-3H3,(H2,20,21,22). The second-order valence-corrected chi connectivity index (χ2v) is 6.60. The Labute approximate surface area is 143 Å². The van der Waals surface area contributed by atoms with Crippen molar-refractivity contribution in [1.82, 2.24) is 15.5 Å². The first-order chi connectivity index (χ1) is 11.5. The minimum Gasteiger partial charge on any atom is -0.355 e. The van der Waals surface area contributed by atoms with E-state index >= 15 is 0 Å². The molecule has 0 unspecified atom stereocenters. The molecule has 2 N–H and O–H groups in total. The van der Waals surface area contributed by atoms with E-state index in [-0.39, 0.29) is 17.1 Å². The van der Waals surface area contributed by atoms with Crippen molar-refractivity contribution in [2.24, 2.45) is 10.4 Å². The van der Waals surface area contributed by atoms with Crippen molar-refractivity contribution in [2.45, 2.75) is 32.2 Å². The van der Waals surface area contributed by atoms with Crippen molar-refractivity contribution >= 4 is 11.9 Å². The van der Waals surface area contributed by atoms with Crippen LogP contribution in [0.5, 0.6) is 0 Å². The fourth-order valence-corrected chi connectivity index (χ4v) is 3.30. The summed E-state index contributed by atoms with van der Waals surface area (Å²) in [6, 6.07) is 6.46. The van der Waals surface area contributed by atoms with E-state index in [9.17, 15) is 9.18 Å². The molecule has 0 aromatic heterocycles. The van der Waals surface area contributed by atoms with Crippen LogP contribution in [-0.4, -0.2) is 44.5 Å². The van der Waals surface area contributed by atoms with Crippen LogP contribution in [-0.2, 0) is 11.3 Å². The van der Waals surface area contributed by atoms with Gasteiger partial charge in [-0.25, -0.2) is 4.39 Å². The summed E-state index contributed by atoms with van der Waals surface area (Å²) in [4.78, 5) is 18.4. The van der Waals surface area contributed by atoms with Crippen molar-refractivity contribution in [3.8, 4) is 0 Å². The number of hydrogen-bond acceptors (Lipinski definition) is 2. The zero-order valence-corrected chi connectivity index (χ0v) is 14.7. The molecule has 1 aromatic carbocycles. The number of benzene rings is 1. The molecular formula is C18H27FN4O. The van der Waals surface area contributed by atoms with Crippen molar-refractivity contribution < 1.29 is 9.18 Å². The largest absolute Gasteiger partial charge is 0.355 e. The molecule has 0 bridgehead atoms. The molecule has 0 radical (unpaired) electrons. The number of nitrogens with one attached hydrogen (secondary N) is 2. The van der Waals surface area contributed by atoms with Crippen molar-refractivity contribution in [2.75, 3.05) is 27.7 Å². The summed E-state index contributed by atoms with van der Waals surface area (Å²) >= 11 is 0. The van der Waals surface area contributed by atoms with Crippen LogP contribution in [0.1, 0.15) is 31.2 Å². The summed E-state index contributed by atoms with van der Waals surface area (Å²) in [6.45, 7) is 1.04. The lowest BCUT2D eigenvalue weighted by molar-refractivity contribution is -0.138. The molecule has 1 fully saturated rings. The Morgan fingerprint density at radius 1 is 1.29 bits per heavy atom. The number of aliphatic imine (C=N–C) groups is 1. The topological polar surface area (TPSA) is 56.7 Å². The number of amides is 1. The number of guanidine groups is 1. The number of nitrogens with zero attached hydrogens (tertiary/aromatic N) is 2. The number of carbonyl (C=O) groups is 1. The third-order valence-electron chi connectivity index (χ3n) is 4.59. The molecule has 1 aromatic rings. The molecule has 1 aliphatic rings. The molecule has 2 rings (SSSR count). The van der Waals surface area contributed by atoms with Crippen LogP contribution in [0.4, 0.5) is 4.39 Å². The quantitative estimate of drug-likeness (QED) is 0.641. The van der Waals surface area contributed by atoms with Gasteiger partial charge in [-0.2, -0.15) is 0 Å². The first-order valence-corrected chi connectivity index (χ1v) is 8.37. The number of rotatable bonds is 5. The minimum atomic E-state index is -0.347. The highest BCUT2D eigenvalue weighted by Gasteiger charge is 2.42. The van der Waals surface area contributed by atoms with Crippen molar-refractivity contribution in [1.29, 1.82) is 0 Å². The molecule has 6 heteroatoms. The normalized spacial score (nSPS) is 16.8. The molecule has 1 saturated carbocycles. The zero-order chi connectivity index (χ0) is 17.6. The van der Waals surface area contributed by atoms with Crippen LogP contribution < -0.4 is 10.6 Å². The Morgan fingerprint density at radius 3 is 2.58 bits per heavy atom. The van der Waals surface area contributed by atoms with E-state index in [1.165, 1.54) is 12.1 Å². The van der Waals surface area contributed by atoms with E-state index in [1.54, 1.807) is 32.1 Å². The highest BCUT2D eigenvalue weighted by Crippen LogP contribution is 2.38. The highest BCUT2D eigenvalue weighted by atomic mass is 19.1. The van der Waals surface area contributed by atoms with Gasteiger partial charge in [-0.05, 0) is 30.5 Å². The van der Waals surface area contributed by atoms with E-state index in [0.717, 1.165) is 31.2 Å². The fourth-order valence-electron chi connectivity index (χ4n) is 3.30. The van der Waals surface area contributed by atoms with Gasteiger partial charge in [-0.1, -0.05) is 25.0 Å². The number of hydrogen-bond donors (Lipinski definition) is 2. The third kappa shape index (κ3) is 4.46. The third-order valence-corrected chi connectivity index (χ3v) is 4.59. The monoisotopic (exact) mass is 334 g/mol. The van der Waals surface area contributed by atoms with E-state index in [1.807, 2.05) is 6.07 Å². The minimum absolute atomic E-state index is 0.174. The molecule has 24 heavy (non-hydrogen) atoms. The van der Waals surface area contributed by atoms with Crippen LogP contribution in [0.15, 0.2) is 29.3 Å². The predicted octanol–water partition coefficient (Wildman–Crippen LogP) is 2.14. The summed E-state index contributed by atoms with van der Waals surface area (Å²) in [6.07, 6.45) is 3.96. The molecule has 1 amide bonds. The SMILES string of the molecule is CN=C(NCc1cccc(F)c1)NCC1(C(=O)N(C)C)CCCC1. The summed E-state index contributed by atoms with van der Waals surface area (Å²) in [7, 11) is 5.30. The summed E-state index contributed by atoms with van der Waals surface area (Å²) in [5, 5.41) is 6.44. The van der Waals surface area contributed by atoms with Gasteiger partial charge >= 0.3 is 0 Å². The van der Waals surface area contributed by atoms with Crippen LogP contribution >= 0.6 is 0 Å². The van der Waals surface area contributed by atoms with Gasteiger partial charge < -0.3 is 15.5 Å². The van der Waals surface area contributed by atoms with E-state index in [2.05, 4.69) is 15.6 Å². The lowest BCUT2D eigenvalue weighted by Gasteiger charge is -2.31. The van der Waals surface area contributed by atoms with Gasteiger partial charge in [0.2, 0.25) is 5.91 Å². The second-order valence-electron chi connectivity index (χ2n) is 6.60. The molecule has 0 heterocycles. The van der Waals surface area contributed by atoms with Gasteiger partial charge in [-0.15, -0.1) is 0 Å². The van der Waals surface area contributed by atoms with Gasteiger partial charge in [0.1, 0.15) is 5.82 Å². The maximum absolute atomic E-state index is 13.2. The second kappa shape index (κ2) is 8.13. The van der Waals surface area contributed by atoms with Crippen LogP contribution in [0.2, 0.25) is 0 Å². The van der Waals surface area contributed by atoms with Crippen LogP contribution in [0.25, 0.3) is 0 Å². The summed E-state index contributed by atoms with van der Waals surface area (Å²) in [5.41, 5.74) is 0.498. The average Bonchev–Trinajstić information content (AvgIpc) is 3.04. The molecule has 0 atom stereocenters. The maximum Gasteiger partial charge on any atom is 0.230 e. The van der Waals surface area contributed by atoms with Gasteiger partial charge in [-0.3, -0.25) is 9.79 Å². The van der Waals surface area contributed by atoms with E-state index in [4.69, 9.17) is 0 Å². The highest BCUT2D eigenvalue weighted by molar-refractivity contribution is 5.85. The van der Waals surface area contributed by atoms with E-state index in [0.29, 0.717) is 19.0 Å². The van der Waals surface area contributed by atoms with Crippen molar-refractivity contribution in [3.05, 3.63) is 35.6 Å². The summed E-state index contributed by atoms with van der Waals surface area (Å²) in [5.74, 6) is 0.545. The zero-order valence-electron chi connectivity index (χ0n) is 14.7. The van der Waals surface area contributed by atoms with Crippen LogP contribution in [0.3, 0.4) is 0 Å². The van der Waals surface area contributed by atoms with E-state index < -0.39 is 0 Å². The summed E-state index contributed by atoms with van der Waals surface area (Å²) < 4.78 is 13.2. The Balaban J connectivity index is 1.93. The molecule has 0 saturated heterocycles. The maximum atomic E-state index is 13.2. The molecule has 0 spiro atoms. The molecule has 0 aliphatic heterocycles. The smallest absolute Gasteiger partial charge is 0.230 e. The molecule has 5 nitrogen and oxygen atoms in total. The lowest BCUT2D eigenvalue weighted by Crippen LogP contribution is -2.49. The first-order valence-electron chi connectivity index (χ1n) is 8.37. The molecule has 132 valence electrons. The Hall–Kier alpha value is -2.11. The van der Waals surface area contributed by atoms with Crippen molar-refractivity contribution in [3.63, 3.8) is 0 Å². The lowest BCUT2D eigenvalue weighted by atomic mass is 9.84. The van der Waals surface area contributed by atoms with Gasteiger partial charge in [0.15, 0.2) is 5.96 Å². The van der Waals surface area contributed by atoms with Gasteiger partial charge in [0.25, 0.3) is 0 Å². The Kier molecular flexibility index (Phi) is 6.17. The predicted molar refractivity (Wildman–Crippen MR) is 94.2 cm³/mol. The first kappa shape index (κ1) is 18.2. The van der Waals surface area contributed by atoms with Gasteiger partial charge in [0, 0.05) is 34.2 Å². The Morgan fingerprint density at radius 2 is 2.00 bits per heavy atom. The Bertz CT molecular complexity index is 594. The van der Waals surface area contributed by atoms with Gasteiger partial charge in [0.05, 0.1) is 5.41 Å². The average molecular weight is 334 g/mol. The number of halogens is 1. The van der Waals surface area contributed by atoms with Crippen LogP contribution in [0, 0.1) is 11.2 Å². The molecule has 1 aliphatic carbocycles. The molecular weight excluding hydrogens is 307 g/mol. The fraction of sp³-hybridized carbons (Fsp3) is 0.556.